The van der Waals surface area contributed by atoms with Crippen LogP contribution in [0.4, 0.5) is 0 Å². The van der Waals surface area contributed by atoms with Crippen molar-refractivity contribution in [2.45, 2.75) is 44.5 Å². The Balaban J connectivity index is 3.52. The maximum absolute atomic E-state index is 11.0. The molecule has 0 aliphatic carbocycles. The van der Waals surface area contributed by atoms with Crippen LogP contribution in [0.1, 0.15) is 33.6 Å². The van der Waals surface area contributed by atoms with Gasteiger partial charge in [-0.3, -0.25) is 4.79 Å². The Labute approximate surface area is 76.4 Å². The van der Waals surface area contributed by atoms with Crippen molar-refractivity contribution in [3.05, 3.63) is 0 Å². The molecule has 0 bridgehead atoms. The predicted molar refractivity (Wildman–Crippen MR) is 48.9 cm³/mol. The first-order valence-corrected chi connectivity index (χ1v) is 4.81. The molecule has 1 unspecified atom stereocenters. The van der Waals surface area contributed by atoms with Crippen LogP contribution in [0.3, 0.4) is 0 Å². The molecule has 0 saturated heterocycles. The van der Waals surface area contributed by atoms with Crippen LogP contribution in [0.2, 0.25) is 0 Å². The summed E-state index contributed by atoms with van der Waals surface area (Å²) < 4.78 is 4.95. The van der Waals surface area contributed by atoms with E-state index in [1.807, 2.05) is 20.8 Å². The largest absolute Gasteiger partial charge is 0.463 e. The highest BCUT2D eigenvalue weighted by molar-refractivity contribution is 9.09. The first kappa shape index (κ1) is 11.0. The van der Waals surface area contributed by atoms with Crippen molar-refractivity contribution in [2.75, 3.05) is 0 Å². The molecule has 0 aliphatic rings. The van der Waals surface area contributed by atoms with Crippen molar-refractivity contribution in [3.63, 3.8) is 0 Å². The van der Waals surface area contributed by atoms with Gasteiger partial charge in [0.2, 0.25) is 0 Å². The average Bonchev–Trinajstić information content (AvgIpc) is 1.85. The van der Waals surface area contributed by atoms with Crippen LogP contribution in [0.15, 0.2) is 0 Å². The molecule has 0 aliphatic heterocycles. The van der Waals surface area contributed by atoms with Crippen LogP contribution in [-0.4, -0.2) is 16.9 Å². The van der Waals surface area contributed by atoms with Gasteiger partial charge in [0, 0.05) is 4.83 Å². The number of carbonyl (C=O) groups excluding carboxylic acids is 1. The van der Waals surface area contributed by atoms with Gasteiger partial charge in [0.05, 0.1) is 12.5 Å². The van der Waals surface area contributed by atoms with Gasteiger partial charge in [-0.15, -0.1) is 0 Å². The number of ether oxygens (including phenoxy) is 1. The summed E-state index contributed by atoms with van der Waals surface area (Å²) in [5.41, 5.74) is 0. The molecule has 0 fully saturated rings. The highest BCUT2D eigenvalue weighted by Gasteiger charge is 2.10. The second kappa shape index (κ2) is 5.58. The van der Waals surface area contributed by atoms with Gasteiger partial charge in [-0.1, -0.05) is 22.9 Å². The van der Waals surface area contributed by atoms with Crippen molar-refractivity contribution in [1.82, 2.24) is 0 Å². The summed E-state index contributed by atoms with van der Waals surface area (Å²) in [6.45, 7) is 5.74. The Morgan fingerprint density at radius 3 is 2.45 bits per heavy atom. The minimum atomic E-state index is -0.122. The van der Waals surface area contributed by atoms with E-state index in [2.05, 4.69) is 15.9 Å². The molecule has 0 rings (SSSR count). The first-order chi connectivity index (χ1) is 5.06. The Bertz CT molecular complexity index is 123. The number of halogens is 1. The fourth-order valence-corrected chi connectivity index (χ4v) is 0.901. The lowest BCUT2D eigenvalue weighted by Gasteiger charge is -2.09. The molecule has 0 aromatic heterocycles. The van der Waals surface area contributed by atoms with E-state index >= 15 is 0 Å². The minimum absolute atomic E-state index is 0.000874. The van der Waals surface area contributed by atoms with Gasteiger partial charge in [-0.05, 0) is 20.3 Å². The van der Waals surface area contributed by atoms with Gasteiger partial charge in [-0.25, -0.2) is 0 Å². The van der Waals surface area contributed by atoms with Crippen LogP contribution in [0.5, 0.6) is 0 Å². The van der Waals surface area contributed by atoms with Crippen molar-refractivity contribution in [2.24, 2.45) is 0 Å². The lowest BCUT2D eigenvalue weighted by atomic mass is 10.2. The summed E-state index contributed by atoms with van der Waals surface area (Å²) in [7, 11) is 0. The minimum Gasteiger partial charge on any atom is -0.463 e. The van der Waals surface area contributed by atoms with Crippen LogP contribution in [-0.2, 0) is 9.53 Å². The van der Waals surface area contributed by atoms with Crippen LogP contribution in [0, 0.1) is 0 Å². The van der Waals surface area contributed by atoms with E-state index in [4.69, 9.17) is 4.74 Å². The lowest BCUT2D eigenvalue weighted by Crippen LogP contribution is -2.14. The smallest absolute Gasteiger partial charge is 0.307 e. The van der Waals surface area contributed by atoms with Crippen molar-refractivity contribution in [1.29, 1.82) is 0 Å². The standard InChI is InChI=1S/C8H15BrO2/c1-4-7(9)5-8(10)11-6(2)3/h6-7H,4-5H2,1-3H3. The topological polar surface area (TPSA) is 26.3 Å². The molecule has 11 heavy (non-hydrogen) atoms. The SMILES string of the molecule is CCC(Br)CC(=O)OC(C)C. The maximum Gasteiger partial charge on any atom is 0.307 e. The maximum atomic E-state index is 11.0. The summed E-state index contributed by atoms with van der Waals surface area (Å²) in [4.78, 5) is 11.2. The van der Waals surface area contributed by atoms with Crippen molar-refractivity contribution in [3.8, 4) is 0 Å². The molecule has 0 radical (unpaired) electrons. The normalized spacial score (nSPS) is 13.2. The summed E-state index contributed by atoms with van der Waals surface area (Å²) in [5.74, 6) is -0.122. The fraction of sp³-hybridized carbons (Fsp3) is 0.875. The van der Waals surface area contributed by atoms with Gasteiger partial charge >= 0.3 is 5.97 Å². The number of hydrogen-bond donors (Lipinski definition) is 0. The third-order valence-electron chi connectivity index (χ3n) is 1.20. The zero-order chi connectivity index (χ0) is 8.85. The van der Waals surface area contributed by atoms with E-state index in [9.17, 15) is 4.79 Å². The number of hydrogen-bond acceptors (Lipinski definition) is 2. The molecular formula is C8H15BrO2. The van der Waals surface area contributed by atoms with Gasteiger partial charge in [0.1, 0.15) is 0 Å². The highest BCUT2D eigenvalue weighted by atomic mass is 79.9. The highest BCUT2D eigenvalue weighted by Crippen LogP contribution is 2.10. The van der Waals surface area contributed by atoms with Crippen LogP contribution >= 0.6 is 15.9 Å². The Hall–Kier alpha value is -0.0500. The molecule has 0 saturated carbocycles. The van der Waals surface area contributed by atoms with E-state index in [1.165, 1.54) is 0 Å². The quantitative estimate of drug-likeness (QED) is 0.540. The Morgan fingerprint density at radius 1 is 1.55 bits per heavy atom. The monoisotopic (exact) mass is 222 g/mol. The Morgan fingerprint density at radius 2 is 2.09 bits per heavy atom. The van der Waals surface area contributed by atoms with Crippen molar-refractivity contribution >= 4 is 21.9 Å². The Kier molecular flexibility index (Phi) is 5.56. The number of rotatable bonds is 4. The van der Waals surface area contributed by atoms with Crippen LogP contribution in [0.25, 0.3) is 0 Å². The van der Waals surface area contributed by atoms with E-state index in [0.717, 1.165) is 6.42 Å². The van der Waals surface area contributed by atoms with Gasteiger partial charge in [0.25, 0.3) is 0 Å². The van der Waals surface area contributed by atoms with E-state index < -0.39 is 0 Å². The summed E-state index contributed by atoms with van der Waals surface area (Å²) >= 11 is 3.37. The third-order valence-corrected chi connectivity index (χ3v) is 2.17. The third kappa shape index (κ3) is 6.35. The molecule has 0 heterocycles. The molecule has 0 spiro atoms. The molecule has 2 nitrogen and oxygen atoms in total. The summed E-state index contributed by atoms with van der Waals surface area (Å²) in [5, 5.41) is 0. The molecule has 66 valence electrons. The fourth-order valence-electron chi connectivity index (χ4n) is 0.636. The molecule has 0 aromatic rings. The second-order valence-corrected chi connectivity index (χ2v) is 4.04. The van der Waals surface area contributed by atoms with Gasteiger partial charge in [-0.2, -0.15) is 0 Å². The average molecular weight is 223 g/mol. The van der Waals surface area contributed by atoms with E-state index in [-0.39, 0.29) is 16.9 Å². The van der Waals surface area contributed by atoms with Crippen LogP contribution < -0.4 is 0 Å². The zero-order valence-corrected chi connectivity index (χ0v) is 8.85. The van der Waals surface area contributed by atoms with Gasteiger partial charge < -0.3 is 4.74 Å². The lowest BCUT2D eigenvalue weighted by molar-refractivity contribution is -0.147. The first-order valence-electron chi connectivity index (χ1n) is 3.89. The zero-order valence-electron chi connectivity index (χ0n) is 7.26. The molecule has 0 amide bonds. The number of esters is 1. The molecule has 3 heteroatoms. The summed E-state index contributed by atoms with van der Waals surface area (Å²) in [6.07, 6.45) is 1.42. The molecule has 0 aromatic carbocycles. The number of carbonyl (C=O) groups is 1. The predicted octanol–water partition coefficient (Wildman–Crippen LogP) is 2.50. The van der Waals surface area contributed by atoms with Crippen molar-refractivity contribution < 1.29 is 9.53 Å². The number of alkyl halides is 1. The second-order valence-electron chi connectivity index (χ2n) is 2.75. The molecule has 0 N–H and O–H groups in total. The van der Waals surface area contributed by atoms with Gasteiger partial charge in [0.15, 0.2) is 0 Å². The van der Waals surface area contributed by atoms with E-state index in [0.29, 0.717) is 6.42 Å². The summed E-state index contributed by atoms with van der Waals surface area (Å²) in [6, 6.07) is 0. The molecule has 1 atom stereocenters. The molecular weight excluding hydrogens is 208 g/mol. The van der Waals surface area contributed by atoms with E-state index in [1.54, 1.807) is 0 Å².